The van der Waals surface area contributed by atoms with Crippen molar-refractivity contribution in [3.8, 4) is 6.07 Å². The summed E-state index contributed by atoms with van der Waals surface area (Å²) >= 11 is 0. The van der Waals surface area contributed by atoms with E-state index >= 15 is 0 Å². The van der Waals surface area contributed by atoms with Crippen molar-refractivity contribution >= 4 is 17.7 Å². The molecule has 7 heteroatoms. The van der Waals surface area contributed by atoms with E-state index in [1.54, 1.807) is 6.92 Å². The number of carbonyl (C=O) groups excluding carboxylic acids is 2. The SMILES string of the molecule is CCOC(=O)NCCN/C=C(/C#N)C(=O)Nc1c(CC)cccc1CC. The molecule has 0 atom stereocenters. The van der Waals surface area contributed by atoms with E-state index in [0.29, 0.717) is 19.7 Å². The molecule has 0 bridgehead atoms. The van der Waals surface area contributed by atoms with Gasteiger partial charge in [0.15, 0.2) is 0 Å². The minimum atomic E-state index is -0.500. The van der Waals surface area contributed by atoms with Gasteiger partial charge in [-0.05, 0) is 30.9 Å². The van der Waals surface area contributed by atoms with Gasteiger partial charge in [0.25, 0.3) is 5.91 Å². The van der Waals surface area contributed by atoms with Crippen molar-refractivity contribution < 1.29 is 14.3 Å². The second kappa shape index (κ2) is 11.5. The van der Waals surface area contributed by atoms with E-state index in [1.807, 2.05) is 38.1 Å². The molecule has 0 saturated carbocycles. The zero-order valence-electron chi connectivity index (χ0n) is 15.5. The number of amides is 2. The molecule has 140 valence electrons. The summed E-state index contributed by atoms with van der Waals surface area (Å²) in [5, 5.41) is 17.5. The summed E-state index contributed by atoms with van der Waals surface area (Å²) in [6.07, 6.45) is 2.42. The average Bonchev–Trinajstić information content (AvgIpc) is 2.64. The Bertz CT molecular complexity index is 670. The molecule has 0 aliphatic heterocycles. The quantitative estimate of drug-likeness (QED) is 0.357. The second-order valence-electron chi connectivity index (χ2n) is 5.38. The molecule has 0 fully saturated rings. The standard InChI is InChI=1S/C19H26N4O3/c1-4-14-8-7-9-15(5-2)17(14)23-18(24)16(12-20)13-21-10-11-22-19(25)26-6-3/h7-9,13,21H,4-6,10-11H2,1-3H3,(H,22,25)(H,23,24)/b16-13-. The van der Waals surface area contributed by atoms with Gasteiger partial charge in [-0.25, -0.2) is 4.79 Å². The fraction of sp³-hybridized carbons (Fsp3) is 0.421. The Morgan fingerprint density at radius 2 is 1.81 bits per heavy atom. The summed E-state index contributed by atoms with van der Waals surface area (Å²) in [5.74, 6) is -0.464. The lowest BCUT2D eigenvalue weighted by Gasteiger charge is -2.14. The van der Waals surface area contributed by atoms with Gasteiger partial charge < -0.3 is 20.7 Å². The third-order valence-corrected chi connectivity index (χ3v) is 3.66. The van der Waals surface area contributed by atoms with Crippen LogP contribution in [0.25, 0.3) is 0 Å². The van der Waals surface area contributed by atoms with E-state index in [4.69, 9.17) is 4.74 Å². The molecule has 0 aliphatic rings. The Labute approximate surface area is 154 Å². The van der Waals surface area contributed by atoms with Crippen LogP contribution in [0.2, 0.25) is 0 Å². The number of para-hydroxylation sites is 1. The summed E-state index contributed by atoms with van der Waals surface area (Å²) in [5.41, 5.74) is 2.80. The highest BCUT2D eigenvalue weighted by Crippen LogP contribution is 2.23. The number of hydrogen-bond donors (Lipinski definition) is 3. The summed E-state index contributed by atoms with van der Waals surface area (Å²) in [7, 11) is 0. The minimum absolute atomic E-state index is 0.0332. The van der Waals surface area contributed by atoms with Crippen molar-refractivity contribution in [2.45, 2.75) is 33.6 Å². The van der Waals surface area contributed by atoms with Gasteiger partial charge in [-0.1, -0.05) is 32.0 Å². The summed E-state index contributed by atoms with van der Waals surface area (Å²) in [6.45, 7) is 6.74. The lowest BCUT2D eigenvalue weighted by atomic mass is 10.0. The second-order valence-corrected chi connectivity index (χ2v) is 5.38. The van der Waals surface area contributed by atoms with Crippen molar-refractivity contribution in [2.75, 3.05) is 25.0 Å². The maximum atomic E-state index is 12.4. The average molecular weight is 358 g/mol. The van der Waals surface area contributed by atoms with Gasteiger partial charge in [-0.3, -0.25) is 4.79 Å². The minimum Gasteiger partial charge on any atom is -0.450 e. The van der Waals surface area contributed by atoms with Crippen LogP contribution in [0.15, 0.2) is 30.0 Å². The largest absolute Gasteiger partial charge is 0.450 e. The number of carbonyl (C=O) groups is 2. The molecule has 7 nitrogen and oxygen atoms in total. The molecule has 1 aromatic rings. The molecule has 0 radical (unpaired) electrons. The van der Waals surface area contributed by atoms with Gasteiger partial charge in [0.2, 0.25) is 0 Å². The van der Waals surface area contributed by atoms with Crippen LogP contribution in [0.3, 0.4) is 0 Å². The number of hydrogen-bond acceptors (Lipinski definition) is 5. The number of nitrogens with one attached hydrogen (secondary N) is 3. The third-order valence-electron chi connectivity index (χ3n) is 3.66. The number of aryl methyl sites for hydroxylation is 2. The van der Waals surface area contributed by atoms with E-state index in [9.17, 15) is 14.9 Å². The lowest BCUT2D eigenvalue weighted by molar-refractivity contribution is -0.112. The van der Waals surface area contributed by atoms with E-state index in [1.165, 1.54) is 6.20 Å². The Kier molecular flexibility index (Phi) is 9.33. The van der Waals surface area contributed by atoms with Crippen molar-refractivity contribution in [1.82, 2.24) is 10.6 Å². The number of anilines is 1. The maximum absolute atomic E-state index is 12.4. The maximum Gasteiger partial charge on any atom is 0.407 e. The Hall–Kier alpha value is -3.01. The highest BCUT2D eigenvalue weighted by atomic mass is 16.5. The van der Waals surface area contributed by atoms with Crippen LogP contribution in [0.4, 0.5) is 10.5 Å². The Morgan fingerprint density at radius 3 is 2.35 bits per heavy atom. The Morgan fingerprint density at radius 1 is 1.15 bits per heavy atom. The van der Waals surface area contributed by atoms with Crippen LogP contribution in [0, 0.1) is 11.3 Å². The molecule has 0 aromatic heterocycles. The fourth-order valence-corrected chi connectivity index (χ4v) is 2.33. The third kappa shape index (κ3) is 6.48. The lowest BCUT2D eigenvalue weighted by Crippen LogP contribution is -2.31. The van der Waals surface area contributed by atoms with Crippen molar-refractivity contribution in [2.24, 2.45) is 0 Å². The van der Waals surface area contributed by atoms with Gasteiger partial charge in [-0.15, -0.1) is 0 Å². The van der Waals surface area contributed by atoms with Gasteiger partial charge in [0.1, 0.15) is 11.6 Å². The predicted molar refractivity (Wildman–Crippen MR) is 101 cm³/mol. The number of benzene rings is 1. The molecule has 1 aromatic carbocycles. The van der Waals surface area contributed by atoms with Crippen LogP contribution in [0.5, 0.6) is 0 Å². The number of rotatable bonds is 9. The molecule has 0 aliphatic carbocycles. The first-order chi connectivity index (χ1) is 12.6. The summed E-state index contributed by atoms with van der Waals surface area (Å²) < 4.78 is 4.73. The highest BCUT2D eigenvalue weighted by molar-refractivity contribution is 6.07. The number of alkyl carbamates (subject to hydrolysis) is 1. The topological polar surface area (TPSA) is 103 Å². The van der Waals surface area contributed by atoms with Crippen LogP contribution >= 0.6 is 0 Å². The first-order valence-corrected chi connectivity index (χ1v) is 8.73. The molecule has 0 saturated heterocycles. The van der Waals surface area contributed by atoms with Crippen molar-refractivity contribution in [3.05, 3.63) is 41.1 Å². The number of ether oxygens (including phenoxy) is 1. The van der Waals surface area contributed by atoms with E-state index < -0.39 is 12.0 Å². The molecule has 2 amide bonds. The van der Waals surface area contributed by atoms with Crippen LogP contribution < -0.4 is 16.0 Å². The van der Waals surface area contributed by atoms with Crippen LogP contribution in [-0.4, -0.2) is 31.7 Å². The van der Waals surface area contributed by atoms with Gasteiger partial charge >= 0.3 is 6.09 Å². The molecule has 0 heterocycles. The fourth-order valence-electron chi connectivity index (χ4n) is 2.33. The number of nitrogens with zero attached hydrogens (tertiary/aromatic N) is 1. The zero-order chi connectivity index (χ0) is 19.4. The first kappa shape index (κ1) is 21.0. The smallest absolute Gasteiger partial charge is 0.407 e. The number of nitriles is 1. The summed E-state index contributed by atoms with van der Waals surface area (Å²) in [4.78, 5) is 23.5. The molecule has 0 spiro atoms. The predicted octanol–water partition coefficient (Wildman–Crippen LogP) is 2.49. The van der Waals surface area contributed by atoms with Gasteiger partial charge in [0, 0.05) is 25.0 Å². The molecular weight excluding hydrogens is 332 g/mol. The van der Waals surface area contributed by atoms with E-state index in [2.05, 4.69) is 16.0 Å². The molecular formula is C19H26N4O3. The molecule has 26 heavy (non-hydrogen) atoms. The van der Waals surface area contributed by atoms with E-state index in [-0.39, 0.29) is 5.57 Å². The van der Waals surface area contributed by atoms with Crippen molar-refractivity contribution in [3.63, 3.8) is 0 Å². The highest BCUT2D eigenvalue weighted by Gasteiger charge is 2.13. The molecule has 1 rings (SSSR count). The van der Waals surface area contributed by atoms with Gasteiger partial charge in [0.05, 0.1) is 6.61 Å². The molecule has 3 N–H and O–H groups in total. The van der Waals surface area contributed by atoms with Gasteiger partial charge in [-0.2, -0.15) is 5.26 Å². The van der Waals surface area contributed by atoms with E-state index in [0.717, 1.165) is 29.7 Å². The Balaban J connectivity index is 2.67. The molecule has 0 unspecified atom stereocenters. The normalized spacial score (nSPS) is 10.6. The first-order valence-electron chi connectivity index (χ1n) is 8.73. The zero-order valence-corrected chi connectivity index (χ0v) is 15.5. The van der Waals surface area contributed by atoms with Crippen LogP contribution in [0.1, 0.15) is 31.9 Å². The van der Waals surface area contributed by atoms with Crippen molar-refractivity contribution in [1.29, 1.82) is 5.26 Å². The monoisotopic (exact) mass is 358 g/mol. The summed E-state index contributed by atoms with van der Waals surface area (Å²) in [6, 6.07) is 7.78. The van der Waals surface area contributed by atoms with Crippen LogP contribution in [-0.2, 0) is 22.4 Å².